The van der Waals surface area contributed by atoms with E-state index in [2.05, 4.69) is 4.90 Å². The number of halogens is 1. The number of hydrogen-bond acceptors (Lipinski definition) is 7. The van der Waals surface area contributed by atoms with Crippen LogP contribution in [0, 0.1) is 5.82 Å². The fourth-order valence-electron chi connectivity index (χ4n) is 4.30. The number of hydrogen-bond donors (Lipinski definition) is 0. The van der Waals surface area contributed by atoms with Crippen molar-refractivity contribution in [2.45, 2.75) is 43.0 Å². The molecule has 2 aliphatic heterocycles. The van der Waals surface area contributed by atoms with Gasteiger partial charge in [0.15, 0.2) is 0 Å². The largest absolute Gasteiger partial charge is 0.497 e. The number of benzene rings is 1. The monoisotopic (exact) mass is 482 g/mol. The molecule has 1 fully saturated rings. The number of carbonyl (C=O) groups is 1. The van der Waals surface area contributed by atoms with Crippen molar-refractivity contribution in [1.82, 2.24) is 9.21 Å². The first-order valence-electron chi connectivity index (χ1n) is 10.6. The highest BCUT2D eigenvalue weighted by Gasteiger charge is 2.37. The van der Waals surface area contributed by atoms with E-state index in [4.69, 9.17) is 9.47 Å². The predicted octanol–water partition coefficient (Wildman–Crippen LogP) is 3.42. The molecule has 0 unspecified atom stereocenters. The number of ether oxygens (including phenoxy) is 2. The van der Waals surface area contributed by atoms with E-state index in [1.807, 2.05) is 0 Å². The molecule has 3 heterocycles. The maximum Gasteiger partial charge on any atom is 0.340 e. The summed E-state index contributed by atoms with van der Waals surface area (Å²) in [6, 6.07) is 4.77. The van der Waals surface area contributed by atoms with E-state index < -0.39 is 16.0 Å². The van der Waals surface area contributed by atoms with E-state index in [-0.39, 0.29) is 15.6 Å². The van der Waals surface area contributed by atoms with Crippen LogP contribution in [0.2, 0.25) is 0 Å². The van der Waals surface area contributed by atoms with Crippen LogP contribution in [0.25, 0.3) is 0 Å². The average Bonchev–Trinajstić information content (AvgIpc) is 3.20. The Balaban J connectivity index is 1.63. The Hall–Kier alpha value is -2.01. The van der Waals surface area contributed by atoms with E-state index in [1.54, 1.807) is 12.1 Å². The highest BCUT2D eigenvalue weighted by molar-refractivity contribution is 7.91. The number of thiophene rings is 1. The van der Waals surface area contributed by atoms with Crippen LogP contribution < -0.4 is 4.74 Å². The molecule has 2 aliphatic rings. The lowest BCUT2D eigenvalue weighted by molar-refractivity contribution is 0.0595. The highest BCUT2D eigenvalue weighted by Crippen LogP contribution is 2.39. The lowest BCUT2D eigenvalue weighted by atomic mass is 10.0. The molecule has 0 amide bonds. The standard InChI is InChI=1S/C22H27FN2O5S2/c1-29-16-7-6-15(18(23)12-16)13-24-11-8-17-19(14-24)31-22(20(17)21(26)30-2)32(27,28)25-9-4-3-5-10-25/h6-7,12H,3-5,8-11,13-14H2,1-2H3. The van der Waals surface area contributed by atoms with Crippen LogP contribution in [0.4, 0.5) is 4.39 Å². The summed E-state index contributed by atoms with van der Waals surface area (Å²) in [6.07, 6.45) is 3.15. The van der Waals surface area contributed by atoms with Gasteiger partial charge in [-0.05, 0) is 30.9 Å². The molecule has 0 spiro atoms. The van der Waals surface area contributed by atoms with Crippen molar-refractivity contribution in [2.24, 2.45) is 0 Å². The van der Waals surface area contributed by atoms with Gasteiger partial charge in [-0.15, -0.1) is 11.3 Å². The lowest BCUT2D eigenvalue weighted by Crippen LogP contribution is -2.36. The molecule has 0 aliphatic carbocycles. The molecular weight excluding hydrogens is 455 g/mol. The topological polar surface area (TPSA) is 76.2 Å². The minimum atomic E-state index is -3.77. The highest BCUT2D eigenvalue weighted by atomic mass is 32.2. The number of nitrogens with zero attached hydrogens (tertiary/aromatic N) is 2. The SMILES string of the molecule is COC(=O)c1c(S(=O)(=O)N2CCCCC2)sc2c1CCN(Cc1ccc(OC)cc1F)C2. The number of methoxy groups -OCH3 is 2. The summed E-state index contributed by atoms with van der Waals surface area (Å²) in [6.45, 7) is 2.35. The van der Waals surface area contributed by atoms with E-state index in [0.29, 0.717) is 50.5 Å². The number of esters is 1. The molecule has 32 heavy (non-hydrogen) atoms. The fourth-order valence-corrected chi connectivity index (χ4v) is 7.89. The van der Waals surface area contributed by atoms with Gasteiger partial charge in [-0.1, -0.05) is 12.5 Å². The second-order valence-corrected chi connectivity index (χ2v) is 11.3. The molecule has 1 aromatic carbocycles. The maximum absolute atomic E-state index is 14.4. The minimum Gasteiger partial charge on any atom is -0.497 e. The van der Waals surface area contributed by atoms with Crippen molar-refractivity contribution >= 4 is 27.3 Å². The van der Waals surface area contributed by atoms with Gasteiger partial charge in [-0.3, -0.25) is 4.90 Å². The summed E-state index contributed by atoms with van der Waals surface area (Å²) in [4.78, 5) is 15.5. The number of sulfonamides is 1. The van der Waals surface area contributed by atoms with Gasteiger partial charge < -0.3 is 9.47 Å². The first kappa shape index (κ1) is 23.2. The molecule has 174 valence electrons. The lowest BCUT2D eigenvalue weighted by Gasteiger charge is -2.27. The zero-order valence-electron chi connectivity index (χ0n) is 18.2. The molecule has 0 saturated carbocycles. The van der Waals surface area contributed by atoms with Gasteiger partial charge in [0.05, 0.1) is 19.8 Å². The van der Waals surface area contributed by atoms with Crippen LogP contribution in [-0.4, -0.2) is 57.4 Å². The molecule has 0 radical (unpaired) electrons. The van der Waals surface area contributed by atoms with Gasteiger partial charge in [0, 0.05) is 49.2 Å². The van der Waals surface area contributed by atoms with Gasteiger partial charge in [0.2, 0.25) is 0 Å². The van der Waals surface area contributed by atoms with Crippen molar-refractivity contribution in [3.05, 3.63) is 45.6 Å². The quantitative estimate of drug-likeness (QED) is 0.588. The van der Waals surface area contributed by atoms with E-state index >= 15 is 0 Å². The smallest absolute Gasteiger partial charge is 0.340 e. The molecule has 0 N–H and O–H groups in total. The third-order valence-electron chi connectivity index (χ3n) is 6.04. The van der Waals surface area contributed by atoms with Crippen molar-refractivity contribution in [3.8, 4) is 5.75 Å². The molecule has 0 atom stereocenters. The van der Waals surface area contributed by atoms with E-state index in [1.165, 1.54) is 24.6 Å². The summed E-state index contributed by atoms with van der Waals surface area (Å²) >= 11 is 1.14. The summed E-state index contributed by atoms with van der Waals surface area (Å²) in [7, 11) is -1.01. The van der Waals surface area contributed by atoms with Gasteiger partial charge in [-0.2, -0.15) is 4.31 Å². The van der Waals surface area contributed by atoms with Gasteiger partial charge in [0.1, 0.15) is 15.8 Å². The summed E-state index contributed by atoms with van der Waals surface area (Å²) in [5.41, 5.74) is 1.46. The Bertz CT molecular complexity index is 1110. The van der Waals surface area contributed by atoms with Crippen molar-refractivity contribution in [2.75, 3.05) is 33.9 Å². The van der Waals surface area contributed by atoms with Gasteiger partial charge in [0.25, 0.3) is 10.0 Å². The first-order valence-corrected chi connectivity index (χ1v) is 12.9. The molecule has 4 rings (SSSR count). The Labute approximate surface area is 191 Å². The molecular formula is C22H27FN2O5S2. The second kappa shape index (κ2) is 9.46. The Morgan fingerprint density at radius 1 is 1.16 bits per heavy atom. The molecule has 7 nitrogen and oxygen atoms in total. The second-order valence-electron chi connectivity index (χ2n) is 8.04. The predicted molar refractivity (Wildman–Crippen MR) is 119 cm³/mol. The number of carbonyl (C=O) groups excluding carboxylic acids is 1. The van der Waals surface area contributed by atoms with Crippen LogP contribution >= 0.6 is 11.3 Å². The summed E-state index contributed by atoms with van der Waals surface area (Å²) in [5, 5.41) is 0. The summed E-state index contributed by atoms with van der Waals surface area (Å²) in [5.74, 6) is -0.501. The van der Waals surface area contributed by atoms with Crippen LogP contribution in [0.3, 0.4) is 0 Å². The molecule has 1 aromatic heterocycles. The number of fused-ring (bicyclic) bond motifs is 1. The minimum absolute atomic E-state index is 0.0775. The van der Waals surface area contributed by atoms with Crippen molar-refractivity contribution in [1.29, 1.82) is 0 Å². The molecule has 1 saturated heterocycles. The molecule has 0 bridgehead atoms. The van der Waals surface area contributed by atoms with Crippen LogP contribution in [-0.2, 0) is 34.3 Å². The van der Waals surface area contributed by atoms with Crippen LogP contribution in [0.5, 0.6) is 5.75 Å². The molecule has 10 heteroatoms. The third-order valence-corrected chi connectivity index (χ3v) is 9.65. The average molecular weight is 483 g/mol. The maximum atomic E-state index is 14.4. The van der Waals surface area contributed by atoms with E-state index in [0.717, 1.165) is 41.0 Å². The van der Waals surface area contributed by atoms with Crippen LogP contribution in [0.1, 0.15) is 45.6 Å². The Morgan fingerprint density at radius 2 is 1.91 bits per heavy atom. The zero-order valence-corrected chi connectivity index (χ0v) is 19.9. The van der Waals surface area contributed by atoms with Crippen LogP contribution in [0.15, 0.2) is 22.4 Å². The van der Waals surface area contributed by atoms with E-state index in [9.17, 15) is 17.6 Å². The number of rotatable bonds is 6. The molecule has 2 aromatic rings. The van der Waals surface area contributed by atoms with Gasteiger partial charge >= 0.3 is 5.97 Å². The first-order chi connectivity index (χ1) is 15.3. The third kappa shape index (κ3) is 4.41. The van der Waals surface area contributed by atoms with Crippen molar-refractivity contribution in [3.63, 3.8) is 0 Å². The van der Waals surface area contributed by atoms with Gasteiger partial charge in [-0.25, -0.2) is 17.6 Å². The summed E-state index contributed by atoms with van der Waals surface area (Å²) < 4.78 is 52.7. The number of piperidine rings is 1. The zero-order chi connectivity index (χ0) is 22.9. The Kier molecular flexibility index (Phi) is 6.85. The normalized spacial score (nSPS) is 17.7. The van der Waals surface area contributed by atoms with Crippen molar-refractivity contribution < 1.29 is 27.1 Å². The fraction of sp³-hybridized carbons (Fsp3) is 0.500. The Morgan fingerprint density at radius 3 is 2.56 bits per heavy atom.